The van der Waals surface area contributed by atoms with Crippen LogP contribution in [-0.4, -0.2) is 28.4 Å². The molecule has 2 aliphatic rings. The fourth-order valence-electron chi connectivity index (χ4n) is 3.06. The van der Waals surface area contributed by atoms with E-state index in [1.54, 1.807) is 0 Å². The first-order chi connectivity index (χ1) is 7.52. The highest BCUT2D eigenvalue weighted by molar-refractivity contribution is 7.80. The van der Waals surface area contributed by atoms with E-state index in [9.17, 15) is 4.79 Å². The predicted octanol–water partition coefficient (Wildman–Crippen LogP) is 1.56. The summed E-state index contributed by atoms with van der Waals surface area (Å²) in [5.41, 5.74) is 5.54. The van der Waals surface area contributed by atoms with Crippen LogP contribution in [0.4, 0.5) is 0 Å². The standard InChI is InChI=1S/C12H20N2OS/c1-7(2)14(6-10(13)16)12(15)11-8-4-3-5-9(8)11/h7-9,11H,3-6H2,1-2H3,(H2,13,16). The van der Waals surface area contributed by atoms with Gasteiger partial charge in [-0.25, -0.2) is 0 Å². The zero-order valence-corrected chi connectivity index (χ0v) is 10.8. The molecule has 2 saturated carbocycles. The third-order valence-electron chi connectivity index (χ3n) is 3.92. The Kier molecular flexibility index (Phi) is 3.19. The molecule has 0 spiro atoms. The summed E-state index contributed by atoms with van der Waals surface area (Å²) in [4.78, 5) is 14.6. The lowest BCUT2D eigenvalue weighted by Gasteiger charge is -2.27. The van der Waals surface area contributed by atoms with Crippen molar-refractivity contribution in [3.8, 4) is 0 Å². The predicted molar refractivity (Wildman–Crippen MR) is 68.0 cm³/mol. The van der Waals surface area contributed by atoms with Gasteiger partial charge in [0.15, 0.2) is 0 Å². The minimum atomic E-state index is 0.190. The van der Waals surface area contributed by atoms with Crippen molar-refractivity contribution in [3.05, 3.63) is 0 Å². The summed E-state index contributed by atoms with van der Waals surface area (Å²) in [5, 5.41) is 0. The Morgan fingerprint density at radius 2 is 2.00 bits per heavy atom. The summed E-state index contributed by atoms with van der Waals surface area (Å²) < 4.78 is 0. The number of carbonyl (C=O) groups excluding carboxylic acids is 1. The quantitative estimate of drug-likeness (QED) is 0.759. The number of nitrogens with zero attached hydrogens (tertiary/aromatic N) is 1. The van der Waals surface area contributed by atoms with Gasteiger partial charge in [-0.2, -0.15) is 0 Å². The minimum absolute atomic E-state index is 0.190. The Morgan fingerprint density at radius 1 is 1.44 bits per heavy atom. The molecule has 0 aliphatic heterocycles. The van der Waals surface area contributed by atoms with E-state index >= 15 is 0 Å². The molecule has 0 aromatic rings. The number of hydrogen-bond acceptors (Lipinski definition) is 2. The normalized spacial score (nSPS) is 31.3. The van der Waals surface area contributed by atoms with Crippen LogP contribution in [0.5, 0.6) is 0 Å². The minimum Gasteiger partial charge on any atom is -0.392 e. The van der Waals surface area contributed by atoms with Crippen molar-refractivity contribution >= 4 is 23.1 Å². The van der Waals surface area contributed by atoms with Gasteiger partial charge in [-0.3, -0.25) is 4.79 Å². The first-order valence-electron chi connectivity index (χ1n) is 6.11. The highest BCUT2D eigenvalue weighted by Gasteiger charge is 2.57. The summed E-state index contributed by atoms with van der Waals surface area (Å²) in [6.07, 6.45) is 3.77. The SMILES string of the molecule is CC(C)N(CC(N)=S)C(=O)C1C2CCCC21. The Morgan fingerprint density at radius 3 is 2.44 bits per heavy atom. The van der Waals surface area contributed by atoms with Crippen molar-refractivity contribution in [1.82, 2.24) is 4.90 Å². The summed E-state index contributed by atoms with van der Waals surface area (Å²) in [5.74, 6) is 1.89. The average Bonchev–Trinajstić information content (AvgIpc) is 2.67. The van der Waals surface area contributed by atoms with Gasteiger partial charge in [0.2, 0.25) is 5.91 Å². The third-order valence-corrected chi connectivity index (χ3v) is 4.05. The molecule has 90 valence electrons. The van der Waals surface area contributed by atoms with Crippen LogP contribution in [0.15, 0.2) is 0 Å². The Hall–Kier alpha value is -0.640. The number of amides is 1. The number of hydrogen-bond donors (Lipinski definition) is 1. The molecule has 2 rings (SSSR count). The zero-order valence-electron chi connectivity index (χ0n) is 9.98. The molecule has 2 N–H and O–H groups in total. The lowest BCUT2D eigenvalue weighted by molar-refractivity contribution is -0.134. The monoisotopic (exact) mass is 240 g/mol. The molecular formula is C12H20N2OS. The van der Waals surface area contributed by atoms with E-state index in [0.717, 1.165) is 0 Å². The van der Waals surface area contributed by atoms with Gasteiger partial charge in [0, 0.05) is 12.0 Å². The fraction of sp³-hybridized carbons (Fsp3) is 0.833. The van der Waals surface area contributed by atoms with Gasteiger partial charge in [0.05, 0.1) is 11.5 Å². The Labute approximate surface area is 102 Å². The lowest BCUT2D eigenvalue weighted by atomic mass is 10.1. The Bertz CT molecular complexity index is 306. The van der Waals surface area contributed by atoms with Crippen molar-refractivity contribution < 1.29 is 4.79 Å². The second-order valence-corrected chi connectivity index (χ2v) is 5.83. The van der Waals surface area contributed by atoms with E-state index < -0.39 is 0 Å². The maximum atomic E-state index is 12.3. The molecule has 0 aromatic carbocycles. The summed E-state index contributed by atoms with van der Waals surface area (Å²) in [6, 6.07) is 0.190. The van der Waals surface area contributed by atoms with Crippen molar-refractivity contribution in [1.29, 1.82) is 0 Å². The summed E-state index contributed by atoms with van der Waals surface area (Å²) >= 11 is 4.90. The maximum absolute atomic E-state index is 12.3. The molecule has 0 heterocycles. The highest BCUT2D eigenvalue weighted by Crippen LogP contribution is 2.58. The molecule has 16 heavy (non-hydrogen) atoms. The molecule has 1 amide bonds. The summed E-state index contributed by atoms with van der Waals surface area (Å²) in [7, 11) is 0. The van der Waals surface area contributed by atoms with Crippen LogP contribution in [0.2, 0.25) is 0 Å². The number of carbonyl (C=O) groups is 1. The second-order valence-electron chi connectivity index (χ2n) is 5.31. The van der Waals surface area contributed by atoms with E-state index in [-0.39, 0.29) is 17.9 Å². The third kappa shape index (κ3) is 2.08. The van der Waals surface area contributed by atoms with Crippen LogP contribution >= 0.6 is 12.2 Å². The molecule has 2 fully saturated rings. The second kappa shape index (κ2) is 4.32. The van der Waals surface area contributed by atoms with E-state index in [1.807, 2.05) is 18.7 Å². The van der Waals surface area contributed by atoms with E-state index in [0.29, 0.717) is 23.4 Å². The lowest BCUT2D eigenvalue weighted by Crippen LogP contribution is -2.43. The molecule has 2 unspecified atom stereocenters. The zero-order chi connectivity index (χ0) is 11.9. The van der Waals surface area contributed by atoms with Crippen LogP contribution < -0.4 is 5.73 Å². The van der Waals surface area contributed by atoms with Gasteiger partial charge in [-0.1, -0.05) is 18.6 Å². The molecule has 0 aromatic heterocycles. The van der Waals surface area contributed by atoms with E-state index in [4.69, 9.17) is 18.0 Å². The van der Waals surface area contributed by atoms with Crippen LogP contribution in [0, 0.1) is 17.8 Å². The first kappa shape index (κ1) is 11.8. The van der Waals surface area contributed by atoms with Gasteiger partial charge in [-0.05, 0) is 38.5 Å². The average molecular weight is 240 g/mol. The van der Waals surface area contributed by atoms with Gasteiger partial charge >= 0.3 is 0 Å². The van der Waals surface area contributed by atoms with Gasteiger partial charge in [0.1, 0.15) is 0 Å². The fourth-order valence-corrected chi connectivity index (χ4v) is 3.20. The summed E-state index contributed by atoms with van der Waals surface area (Å²) in [6.45, 7) is 4.48. The number of fused-ring (bicyclic) bond motifs is 1. The van der Waals surface area contributed by atoms with Crippen molar-refractivity contribution in [2.75, 3.05) is 6.54 Å². The first-order valence-corrected chi connectivity index (χ1v) is 6.52. The van der Waals surface area contributed by atoms with Crippen molar-refractivity contribution in [2.24, 2.45) is 23.5 Å². The van der Waals surface area contributed by atoms with Crippen molar-refractivity contribution in [2.45, 2.75) is 39.2 Å². The van der Waals surface area contributed by atoms with Gasteiger partial charge in [0.25, 0.3) is 0 Å². The van der Waals surface area contributed by atoms with Gasteiger partial charge < -0.3 is 10.6 Å². The molecule has 0 radical (unpaired) electrons. The molecule has 0 bridgehead atoms. The smallest absolute Gasteiger partial charge is 0.226 e. The van der Waals surface area contributed by atoms with Crippen LogP contribution in [0.1, 0.15) is 33.1 Å². The molecular weight excluding hydrogens is 220 g/mol. The molecule has 3 nitrogen and oxygen atoms in total. The number of thiocarbonyl (C=S) groups is 1. The molecule has 4 heteroatoms. The maximum Gasteiger partial charge on any atom is 0.226 e. The van der Waals surface area contributed by atoms with Crippen LogP contribution in [0.25, 0.3) is 0 Å². The largest absolute Gasteiger partial charge is 0.392 e. The molecule has 2 aliphatic carbocycles. The highest BCUT2D eigenvalue weighted by atomic mass is 32.1. The topological polar surface area (TPSA) is 46.3 Å². The van der Waals surface area contributed by atoms with Crippen molar-refractivity contribution in [3.63, 3.8) is 0 Å². The molecule has 0 saturated heterocycles. The Balaban J connectivity index is 1.98. The molecule has 2 atom stereocenters. The van der Waals surface area contributed by atoms with Crippen LogP contribution in [-0.2, 0) is 4.79 Å². The van der Waals surface area contributed by atoms with Crippen LogP contribution in [0.3, 0.4) is 0 Å². The number of nitrogens with two attached hydrogens (primary N) is 1. The van der Waals surface area contributed by atoms with E-state index in [1.165, 1.54) is 19.3 Å². The number of rotatable bonds is 4. The van der Waals surface area contributed by atoms with E-state index in [2.05, 4.69) is 0 Å². The van der Waals surface area contributed by atoms with Gasteiger partial charge in [-0.15, -0.1) is 0 Å².